The van der Waals surface area contributed by atoms with Crippen LogP contribution in [0.15, 0.2) is 91.6 Å². The molecule has 1 aliphatic heterocycles. The highest BCUT2D eigenvalue weighted by molar-refractivity contribution is 9.11. The van der Waals surface area contributed by atoms with Crippen molar-refractivity contribution in [3.63, 3.8) is 0 Å². The fourth-order valence-electron chi connectivity index (χ4n) is 4.15. The first-order chi connectivity index (χ1) is 19.8. The molecule has 1 aromatic heterocycles. The number of aromatic nitrogens is 2. The lowest BCUT2D eigenvalue weighted by Crippen LogP contribution is -2.20. The van der Waals surface area contributed by atoms with Gasteiger partial charge < -0.3 is 14.2 Å². The molecule has 6 rings (SSSR count). The summed E-state index contributed by atoms with van der Waals surface area (Å²) >= 11 is 19.5. The van der Waals surface area contributed by atoms with Crippen LogP contribution in [0.2, 0.25) is 10.0 Å². The number of esters is 1. The van der Waals surface area contributed by atoms with E-state index in [1.807, 2.05) is 0 Å². The van der Waals surface area contributed by atoms with Crippen LogP contribution >= 0.6 is 55.1 Å². The Hall–Kier alpha value is -3.70. The number of benzene rings is 4. The molecule has 0 radical (unpaired) electrons. The van der Waals surface area contributed by atoms with E-state index >= 15 is 0 Å². The zero-order valence-electron chi connectivity index (χ0n) is 20.6. The second-order valence-corrected chi connectivity index (χ2v) is 11.3. The number of hydrogen-bond acceptors (Lipinski definition) is 7. The molecule has 0 unspecified atom stereocenters. The predicted octanol–water partition coefficient (Wildman–Crippen LogP) is 7.73. The van der Waals surface area contributed by atoms with E-state index in [-0.39, 0.29) is 23.9 Å². The molecule has 0 bridgehead atoms. The maximum absolute atomic E-state index is 13.6. The van der Waals surface area contributed by atoms with E-state index in [9.17, 15) is 9.59 Å². The van der Waals surface area contributed by atoms with E-state index < -0.39 is 11.5 Å². The number of carbonyl (C=O) groups excluding carboxylic acids is 1. The smallest absolute Gasteiger partial charge is 0.343 e. The monoisotopic (exact) mass is 713 g/mol. The second kappa shape index (κ2) is 11.3. The molecule has 0 saturated carbocycles. The van der Waals surface area contributed by atoms with Crippen molar-refractivity contribution in [3.05, 3.63) is 113 Å². The van der Waals surface area contributed by atoms with Gasteiger partial charge in [0.1, 0.15) is 0 Å². The molecule has 4 aromatic carbocycles. The Morgan fingerprint density at radius 3 is 2.63 bits per heavy atom. The molecular weight excluding hydrogens is 701 g/mol. The maximum Gasteiger partial charge on any atom is 0.343 e. The average Bonchev–Trinajstić information content (AvgIpc) is 3.42. The first-order valence-electron chi connectivity index (χ1n) is 11.9. The summed E-state index contributed by atoms with van der Waals surface area (Å²) in [6, 6.07) is 20.0. The van der Waals surface area contributed by atoms with Gasteiger partial charge in [0.2, 0.25) is 6.79 Å². The minimum absolute atomic E-state index is 0.0823. The zero-order valence-corrected chi connectivity index (χ0v) is 25.3. The van der Waals surface area contributed by atoms with E-state index in [0.29, 0.717) is 52.5 Å². The first-order valence-corrected chi connectivity index (χ1v) is 14.2. The highest BCUT2D eigenvalue weighted by Gasteiger charge is 2.20. The SMILES string of the molecule is O=C(Oc1c(Br)cc(Br)cc1C=Nn1c(-c2ccc(Cl)cc2Cl)nc2ccccc2c1=O)c1ccc2c(c1)OCO2. The third kappa shape index (κ3) is 5.48. The minimum Gasteiger partial charge on any atom is -0.454 e. The molecule has 0 amide bonds. The highest BCUT2D eigenvalue weighted by atomic mass is 79.9. The standard InChI is InChI=1S/C29H15Br2Cl2N3O5/c30-17-9-16(26(21(31)11-17)41-29(38)15-5-8-24-25(10-15)40-14-39-24)13-34-36-27(19-7-6-18(32)12-22(19)33)35-23-4-2-1-3-20(23)28(36)37/h1-13H,14H2. The largest absolute Gasteiger partial charge is 0.454 e. The van der Waals surface area contributed by atoms with E-state index in [1.165, 1.54) is 6.21 Å². The minimum atomic E-state index is -0.626. The molecule has 1 aliphatic rings. The molecule has 204 valence electrons. The molecule has 12 heteroatoms. The van der Waals surface area contributed by atoms with Crippen molar-refractivity contribution in [2.75, 3.05) is 6.79 Å². The number of fused-ring (bicyclic) bond motifs is 2. The quantitative estimate of drug-likeness (QED) is 0.105. The molecule has 41 heavy (non-hydrogen) atoms. The van der Waals surface area contributed by atoms with Crippen LogP contribution in [0.25, 0.3) is 22.3 Å². The van der Waals surface area contributed by atoms with Crippen molar-refractivity contribution in [2.45, 2.75) is 0 Å². The Bertz CT molecular complexity index is 1960. The van der Waals surface area contributed by atoms with Crippen LogP contribution in [-0.4, -0.2) is 28.6 Å². The lowest BCUT2D eigenvalue weighted by Gasteiger charge is -2.13. The van der Waals surface area contributed by atoms with Crippen molar-refractivity contribution in [1.29, 1.82) is 0 Å². The summed E-state index contributed by atoms with van der Waals surface area (Å²) < 4.78 is 18.8. The van der Waals surface area contributed by atoms with Gasteiger partial charge in [0.25, 0.3) is 5.56 Å². The van der Waals surface area contributed by atoms with Gasteiger partial charge >= 0.3 is 5.97 Å². The molecule has 0 aliphatic carbocycles. The van der Waals surface area contributed by atoms with Crippen LogP contribution in [0.5, 0.6) is 17.2 Å². The first kappa shape index (κ1) is 27.5. The van der Waals surface area contributed by atoms with Crippen LogP contribution in [0.4, 0.5) is 0 Å². The third-order valence-electron chi connectivity index (χ3n) is 6.08. The Kier molecular flexibility index (Phi) is 7.56. The van der Waals surface area contributed by atoms with Crippen LogP contribution in [-0.2, 0) is 0 Å². The van der Waals surface area contributed by atoms with E-state index in [2.05, 4.69) is 41.9 Å². The average molecular weight is 716 g/mol. The fraction of sp³-hybridized carbons (Fsp3) is 0.0345. The normalized spacial score (nSPS) is 12.3. The number of nitrogens with zero attached hydrogens (tertiary/aromatic N) is 3. The highest BCUT2D eigenvalue weighted by Crippen LogP contribution is 2.36. The molecular formula is C29H15Br2Cl2N3O5. The molecule has 0 saturated heterocycles. The van der Waals surface area contributed by atoms with Gasteiger partial charge in [-0.1, -0.05) is 51.3 Å². The van der Waals surface area contributed by atoms with Gasteiger partial charge in [-0.05, 0) is 76.6 Å². The molecule has 0 fully saturated rings. The van der Waals surface area contributed by atoms with Gasteiger partial charge in [-0.2, -0.15) is 9.78 Å². The summed E-state index contributed by atoms with van der Waals surface area (Å²) in [6.07, 6.45) is 1.41. The van der Waals surface area contributed by atoms with Gasteiger partial charge in [-0.3, -0.25) is 4.79 Å². The van der Waals surface area contributed by atoms with E-state index in [4.69, 9.17) is 37.4 Å². The Morgan fingerprint density at radius 2 is 1.80 bits per heavy atom. The molecule has 0 spiro atoms. The number of carbonyl (C=O) groups is 1. The number of halogens is 4. The van der Waals surface area contributed by atoms with Crippen LogP contribution in [0, 0.1) is 0 Å². The van der Waals surface area contributed by atoms with Crippen molar-refractivity contribution in [3.8, 4) is 28.6 Å². The van der Waals surface area contributed by atoms with Crippen LogP contribution in [0.1, 0.15) is 15.9 Å². The van der Waals surface area contributed by atoms with Gasteiger partial charge in [0, 0.05) is 20.6 Å². The second-order valence-electron chi connectivity index (χ2n) is 8.70. The molecule has 2 heterocycles. The number of rotatable bonds is 5. The lowest BCUT2D eigenvalue weighted by molar-refractivity contribution is 0.0732. The van der Waals surface area contributed by atoms with Crippen molar-refractivity contribution in [2.24, 2.45) is 5.10 Å². The van der Waals surface area contributed by atoms with Gasteiger partial charge in [-0.15, -0.1) is 0 Å². The summed E-state index contributed by atoms with van der Waals surface area (Å²) in [6.45, 7) is 0.0823. The Morgan fingerprint density at radius 1 is 1.00 bits per heavy atom. The van der Waals surface area contributed by atoms with E-state index in [1.54, 1.807) is 72.8 Å². The molecule has 5 aromatic rings. The maximum atomic E-state index is 13.6. The van der Waals surface area contributed by atoms with Crippen molar-refractivity contribution < 1.29 is 19.0 Å². The molecule has 0 N–H and O–H groups in total. The van der Waals surface area contributed by atoms with Gasteiger partial charge in [0.15, 0.2) is 23.1 Å². The summed E-state index contributed by atoms with van der Waals surface area (Å²) in [7, 11) is 0. The Balaban J connectivity index is 1.44. The van der Waals surface area contributed by atoms with Crippen LogP contribution < -0.4 is 19.8 Å². The summed E-state index contributed by atoms with van der Waals surface area (Å²) in [5, 5.41) is 5.59. The molecule has 0 atom stereocenters. The number of ether oxygens (including phenoxy) is 3. The van der Waals surface area contributed by atoms with Crippen molar-refractivity contribution in [1.82, 2.24) is 9.66 Å². The van der Waals surface area contributed by atoms with Gasteiger partial charge in [0.05, 0.1) is 32.2 Å². The third-order valence-corrected chi connectivity index (χ3v) is 7.67. The summed E-state index contributed by atoms with van der Waals surface area (Å²) in [4.78, 5) is 31.4. The fourth-order valence-corrected chi connectivity index (χ4v) is 5.99. The predicted molar refractivity (Wildman–Crippen MR) is 164 cm³/mol. The zero-order chi connectivity index (χ0) is 28.7. The van der Waals surface area contributed by atoms with Gasteiger partial charge in [-0.25, -0.2) is 9.78 Å². The Labute approximate surface area is 259 Å². The summed E-state index contributed by atoms with van der Waals surface area (Å²) in [5.74, 6) is 0.768. The van der Waals surface area contributed by atoms with Crippen LogP contribution in [0.3, 0.4) is 0 Å². The molecule has 8 nitrogen and oxygen atoms in total. The van der Waals surface area contributed by atoms with E-state index in [0.717, 1.165) is 4.68 Å². The number of hydrogen-bond donors (Lipinski definition) is 0. The number of para-hydroxylation sites is 1. The van der Waals surface area contributed by atoms with Crippen molar-refractivity contribution >= 4 is 78.1 Å². The topological polar surface area (TPSA) is 92.0 Å². The summed E-state index contributed by atoms with van der Waals surface area (Å²) in [5.41, 5.74) is 1.19. The lowest BCUT2D eigenvalue weighted by atomic mass is 10.2.